The molecule has 0 heterocycles. The van der Waals surface area contributed by atoms with Gasteiger partial charge in [0.15, 0.2) is 0 Å². The Kier molecular flexibility index (Phi) is 3.44. The summed E-state index contributed by atoms with van der Waals surface area (Å²) in [6, 6.07) is 6.67. The standard InChI is InChI=1S/C11H15F2N/c1-7(2)10(11(12)13)8-3-5-9(14)6-4-8/h3-7,10-11H,14H2,1-2H3. The number of hydrogen-bond acceptors (Lipinski definition) is 1. The van der Waals surface area contributed by atoms with Gasteiger partial charge in [0.1, 0.15) is 0 Å². The summed E-state index contributed by atoms with van der Waals surface area (Å²) in [7, 11) is 0. The fraction of sp³-hybridized carbons (Fsp3) is 0.455. The summed E-state index contributed by atoms with van der Waals surface area (Å²) in [5.74, 6) is -0.769. The minimum Gasteiger partial charge on any atom is -0.399 e. The molecule has 0 aromatic heterocycles. The van der Waals surface area contributed by atoms with E-state index in [1.165, 1.54) is 0 Å². The van der Waals surface area contributed by atoms with Crippen molar-refractivity contribution in [1.29, 1.82) is 0 Å². The van der Waals surface area contributed by atoms with E-state index in [0.717, 1.165) is 0 Å². The Morgan fingerprint density at radius 2 is 1.57 bits per heavy atom. The highest BCUT2D eigenvalue weighted by Crippen LogP contribution is 2.30. The summed E-state index contributed by atoms with van der Waals surface area (Å²) in [6.07, 6.45) is -2.32. The molecule has 1 aromatic rings. The fourth-order valence-electron chi connectivity index (χ4n) is 1.54. The van der Waals surface area contributed by atoms with Crippen LogP contribution in [0.2, 0.25) is 0 Å². The predicted molar refractivity (Wildman–Crippen MR) is 54.4 cm³/mol. The van der Waals surface area contributed by atoms with Crippen LogP contribution in [0.5, 0.6) is 0 Å². The summed E-state index contributed by atoms with van der Waals surface area (Å²) in [5, 5.41) is 0. The van der Waals surface area contributed by atoms with Gasteiger partial charge in [0, 0.05) is 11.6 Å². The van der Waals surface area contributed by atoms with E-state index in [1.54, 1.807) is 38.1 Å². The maximum absolute atomic E-state index is 12.7. The number of anilines is 1. The van der Waals surface area contributed by atoms with Crippen LogP contribution in [0.4, 0.5) is 14.5 Å². The number of benzene rings is 1. The predicted octanol–water partition coefficient (Wildman–Crippen LogP) is 3.27. The molecule has 0 saturated carbocycles. The van der Waals surface area contributed by atoms with Crippen molar-refractivity contribution < 1.29 is 8.78 Å². The second kappa shape index (κ2) is 4.40. The maximum atomic E-state index is 12.7. The van der Waals surface area contributed by atoms with Gasteiger partial charge in [-0.2, -0.15) is 0 Å². The number of alkyl halides is 2. The van der Waals surface area contributed by atoms with E-state index in [4.69, 9.17) is 5.73 Å². The lowest BCUT2D eigenvalue weighted by Gasteiger charge is -2.20. The van der Waals surface area contributed by atoms with E-state index >= 15 is 0 Å². The summed E-state index contributed by atoms with van der Waals surface area (Å²) >= 11 is 0. The maximum Gasteiger partial charge on any atom is 0.245 e. The van der Waals surface area contributed by atoms with Gasteiger partial charge in [-0.3, -0.25) is 0 Å². The summed E-state index contributed by atoms with van der Waals surface area (Å²) < 4.78 is 25.4. The van der Waals surface area contributed by atoms with Crippen molar-refractivity contribution in [2.24, 2.45) is 5.92 Å². The van der Waals surface area contributed by atoms with Gasteiger partial charge in [-0.25, -0.2) is 8.78 Å². The number of nitrogen functional groups attached to an aromatic ring is 1. The van der Waals surface area contributed by atoms with Crippen LogP contribution in [0.1, 0.15) is 25.3 Å². The molecule has 0 spiro atoms. The molecule has 0 saturated heterocycles. The monoisotopic (exact) mass is 199 g/mol. The van der Waals surface area contributed by atoms with Crippen LogP contribution >= 0.6 is 0 Å². The first kappa shape index (κ1) is 11.0. The molecule has 3 heteroatoms. The molecule has 0 radical (unpaired) electrons. The van der Waals surface area contributed by atoms with Crippen molar-refractivity contribution in [3.05, 3.63) is 29.8 Å². The van der Waals surface area contributed by atoms with Crippen molar-refractivity contribution in [2.75, 3.05) is 5.73 Å². The molecule has 0 aliphatic rings. The van der Waals surface area contributed by atoms with Gasteiger partial charge in [-0.15, -0.1) is 0 Å². The Balaban J connectivity index is 2.94. The highest BCUT2D eigenvalue weighted by Gasteiger charge is 2.25. The highest BCUT2D eigenvalue weighted by atomic mass is 19.3. The van der Waals surface area contributed by atoms with Gasteiger partial charge in [0.2, 0.25) is 6.43 Å². The van der Waals surface area contributed by atoms with E-state index in [-0.39, 0.29) is 5.92 Å². The minimum absolute atomic E-state index is 0.0707. The van der Waals surface area contributed by atoms with Gasteiger partial charge in [-0.1, -0.05) is 26.0 Å². The quantitative estimate of drug-likeness (QED) is 0.743. The van der Waals surface area contributed by atoms with Crippen LogP contribution in [0.3, 0.4) is 0 Å². The molecule has 14 heavy (non-hydrogen) atoms. The Morgan fingerprint density at radius 3 is 1.93 bits per heavy atom. The molecule has 0 aliphatic carbocycles. The van der Waals surface area contributed by atoms with Crippen LogP contribution in [0.15, 0.2) is 24.3 Å². The molecule has 78 valence electrons. The van der Waals surface area contributed by atoms with Crippen LogP contribution in [-0.2, 0) is 0 Å². The molecule has 2 N–H and O–H groups in total. The third-order valence-corrected chi connectivity index (χ3v) is 2.31. The first-order valence-electron chi connectivity index (χ1n) is 4.66. The first-order chi connectivity index (χ1) is 6.52. The molecule has 0 amide bonds. The lowest BCUT2D eigenvalue weighted by atomic mass is 9.89. The molecule has 0 fully saturated rings. The first-order valence-corrected chi connectivity index (χ1v) is 4.66. The van der Waals surface area contributed by atoms with E-state index in [0.29, 0.717) is 11.3 Å². The van der Waals surface area contributed by atoms with Gasteiger partial charge in [0.05, 0.1) is 0 Å². The average Bonchev–Trinajstić information content (AvgIpc) is 2.07. The minimum atomic E-state index is -2.32. The average molecular weight is 199 g/mol. The third kappa shape index (κ3) is 2.44. The summed E-state index contributed by atoms with van der Waals surface area (Å²) in [6.45, 7) is 3.60. The lowest BCUT2D eigenvalue weighted by Crippen LogP contribution is -2.15. The largest absolute Gasteiger partial charge is 0.399 e. The van der Waals surface area contributed by atoms with E-state index in [1.807, 2.05) is 0 Å². The normalized spacial score (nSPS) is 13.6. The van der Waals surface area contributed by atoms with E-state index < -0.39 is 12.3 Å². The Labute approximate surface area is 82.9 Å². The number of hydrogen-bond donors (Lipinski definition) is 1. The Morgan fingerprint density at radius 1 is 1.07 bits per heavy atom. The highest BCUT2D eigenvalue weighted by molar-refractivity contribution is 5.40. The zero-order chi connectivity index (χ0) is 10.7. The fourth-order valence-corrected chi connectivity index (χ4v) is 1.54. The molecule has 1 unspecified atom stereocenters. The second-order valence-electron chi connectivity index (χ2n) is 3.77. The molecular weight excluding hydrogens is 184 g/mol. The van der Waals surface area contributed by atoms with Crippen LogP contribution in [0, 0.1) is 5.92 Å². The van der Waals surface area contributed by atoms with Crippen LogP contribution in [0.25, 0.3) is 0 Å². The molecule has 0 aliphatic heterocycles. The Hall–Kier alpha value is -1.12. The van der Waals surface area contributed by atoms with Crippen LogP contribution in [-0.4, -0.2) is 6.43 Å². The van der Waals surface area contributed by atoms with Gasteiger partial charge < -0.3 is 5.73 Å². The second-order valence-corrected chi connectivity index (χ2v) is 3.77. The Bertz CT molecular complexity index is 272. The molecule has 0 bridgehead atoms. The topological polar surface area (TPSA) is 26.0 Å². The number of halogens is 2. The zero-order valence-corrected chi connectivity index (χ0v) is 8.37. The van der Waals surface area contributed by atoms with Gasteiger partial charge in [0.25, 0.3) is 0 Å². The molecule has 1 aromatic carbocycles. The molecule has 1 nitrogen and oxygen atoms in total. The molecule has 1 atom stereocenters. The zero-order valence-electron chi connectivity index (χ0n) is 8.37. The third-order valence-electron chi connectivity index (χ3n) is 2.31. The van der Waals surface area contributed by atoms with Crippen molar-refractivity contribution >= 4 is 5.69 Å². The smallest absolute Gasteiger partial charge is 0.245 e. The molecular formula is C11H15F2N. The summed E-state index contributed by atoms with van der Waals surface area (Å²) in [5.41, 5.74) is 6.75. The van der Waals surface area contributed by atoms with Gasteiger partial charge in [-0.05, 0) is 23.6 Å². The van der Waals surface area contributed by atoms with Crippen molar-refractivity contribution in [3.63, 3.8) is 0 Å². The van der Waals surface area contributed by atoms with Crippen molar-refractivity contribution in [2.45, 2.75) is 26.2 Å². The molecule has 1 rings (SSSR count). The number of nitrogens with two attached hydrogens (primary N) is 1. The SMILES string of the molecule is CC(C)C(c1ccc(N)cc1)C(F)F. The van der Waals surface area contributed by atoms with E-state index in [2.05, 4.69) is 0 Å². The van der Waals surface area contributed by atoms with Crippen LogP contribution < -0.4 is 5.73 Å². The van der Waals surface area contributed by atoms with E-state index in [9.17, 15) is 8.78 Å². The number of rotatable bonds is 3. The summed E-state index contributed by atoms with van der Waals surface area (Å²) in [4.78, 5) is 0. The van der Waals surface area contributed by atoms with Gasteiger partial charge >= 0.3 is 0 Å². The lowest BCUT2D eigenvalue weighted by molar-refractivity contribution is 0.0934. The van der Waals surface area contributed by atoms with Crippen molar-refractivity contribution in [3.8, 4) is 0 Å². The van der Waals surface area contributed by atoms with Crippen molar-refractivity contribution in [1.82, 2.24) is 0 Å².